The highest BCUT2D eigenvalue weighted by molar-refractivity contribution is 7.53. The highest BCUT2D eigenvalue weighted by Crippen LogP contribution is 2.41. The minimum atomic E-state index is -3.12. The Labute approximate surface area is 70.8 Å². The van der Waals surface area contributed by atoms with Crippen LogP contribution < -0.4 is 10.4 Å². The second kappa shape index (κ2) is 3.72. The predicted octanol–water partition coefficient (Wildman–Crippen LogP) is 1.78. The van der Waals surface area contributed by atoms with Crippen molar-refractivity contribution in [2.75, 3.05) is 6.66 Å². The third-order valence-electron chi connectivity index (χ3n) is 1.21. The number of hydrogen-bond donors (Lipinski definition) is 1. The first kappa shape index (κ1) is 9.26. The zero-order valence-corrected chi connectivity index (χ0v) is 7.53. The van der Waals surface area contributed by atoms with Crippen molar-refractivity contribution in [2.24, 2.45) is 5.90 Å². The van der Waals surface area contributed by atoms with Gasteiger partial charge in [0.15, 0.2) is 0 Å². The molecule has 0 saturated carbocycles. The molecule has 0 radical (unpaired) electrons. The van der Waals surface area contributed by atoms with Gasteiger partial charge in [-0.2, -0.15) is 0 Å². The van der Waals surface area contributed by atoms with Crippen molar-refractivity contribution >= 4 is 7.60 Å². The van der Waals surface area contributed by atoms with Crippen LogP contribution in [0.5, 0.6) is 5.75 Å². The average Bonchev–Trinajstić information content (AvgIpc) is 2.06. The van der Waals surface area contributed by atoms with Gasteiger partial charge in [0, 0.05) is 0 Å². The molecule has 2 N–H and O–H groups in total. The lowest BCUT2D eigenvalue weighted by atomic mass is 10.3. The van der Waals surface area contributed by atoms with Crippen LogP contribution in [0, 0.1) is 0 Å². The molecule has 5 heteroatoms. The number of hydrogen-bond acceptors (Lipinski definition) is 4. The van der Waals surface area contributed by atoms with Gasteiger partial charge < -0.3 is 4.52 Å². The molecule has 0 fully saturated rings. The van der Waals surface area contributed by atoms with Crippen molar-refractivity contribution in [3.63, 3.8) is 0 Å². The summed E-state index contributed by atoms with van der Waals surface area (Å²) in [7, 11) is -3.12. The number of para-hydroxylation sites is 1. The second-order valence-electron chi connectivity index (χ2n) is 2.28. The highest BCUT2D eigenvalue weighted by Gasteiger charge is 2.16. The smallest absolute Gasteiger partial charge is 0.392 e. The van der Waals surface area contributed by atoms with Crippen LogP contribution in [0.2, 0.25) is 0 Å². The van der Waals surface area contributed by atoms with E-state index >= 15 is 0 Å². The lowest BCUT2D eigenvalue weighted by molar-refractivity contribution is 0.279. The number of rotatable bonds is 3. The lowest BCUT2D eigenvalue weighted by Crippen LogP contribution is -2.01. The zero-order chi connectivity index (χ0) is 9.03. The van der Waals surface area contributed by atoms with Crippen LogP contribution in [0.25, 0.3) is 0 Å². The van der Waals surface area contributed by atoms with Crippen LogP contribution in [-0.4, -0.2) is 6.66 Å². The maximum Gasteiger partial charge on any atom is 0.392 e. The fourth-order valence-corrected chi connectivity index (χ4v) is 1.24. The van der Waals surface area contributed by atoms with Crippen molar-refractivity contribution in [2.45, 2.75) is 0 Å². The molecule has 1 aromatic carbocycles. The van der Waals surface area contributed by atoms with Gasteiger partial charge in [-0.25, -0.2) is 15.1 Å². The topological polar surface area (TPSA) is 61.5 Å². The van der Waals surface area contributed by atoms with Crippen molar-refractivity contribution in [1.82, 2.24) is 0 Å². The van der Waals surface area contributed by atoms with Crippen LogP contribution in [0.1, 0.15) is 0 Å². The normalized spacial score (nSPS) is 15.2. The quantitative estimate of drug-likeness (QED) is 0.578. The highest BCUT2D eigenvalue weighted by atomic mass is 31.2. The van der Waals surface area contributed by atoms with Crippen molar-refractivity contribution in [3.8, 4) is 5.75 Å². The molecule has 4 nitrogen and oxygen atoms in total. The summed E-state index contributed by atoms with van der Waals surface area (Å²) in [6.45, 7) is 1.31. The van der Waals surface area contributed by atoms with Gasteiger partial charge >= 0.3 is 7.60 Å². The zero-order valence-electron chi connectivity index (χ0n) is 6.64. The summed E-state index contributed by atoms with van der Waals surface area (Å²) in [6, 6.07) is 8.72. The fraction of sp³-hybridized carbons (Fsp3) is 0.143. The summed E-state index contributed by atoms with van der Waals surface area (Å²) in [5.41, 5.74) is 0. The lowest BCUT2D eigenvalue weighted by Gasteiger charge is -2.10. The van der Waals surface area contributed by atoms with E-state index < -0.39 is 7.60 Å². The largest absolute Gasteiger partial charge is 0.424 e. The third-order valence-corrected chi connectivity index (χ3v) is 2.13. The van der Waals surface area contributed by atoms with Crippen molar-refractivity contribution in [3.05, 3.63) is 30.3 Å². The summed E-state index contributed by atoms with van der Waals surface area (Å²) in [5, 5.41) is 0. The van der Waals surface area contributed by atoms with Gasteiger partial charge in [0.2, 0.25) is 0 Å². The van der Waals surface area contributed by atoms with E-state index in [0.29, 0.717) is 5.75 Å². The first-order valence-corrected chi connectivity index (χ1v) is 5.34. The third kappa shape index (κ3) is 2.66. The standard InChI is InChI=1S/C7H10NO3P/c1-12(9,11-8)10-7-5-3-2-4-6-7/h2-6H,8H2,1H3/t12-/m0/s1. The Kier molecular flexibility index (Phi) is 2.87. The van der Waals surface area contributed by atoms with Crippen LogP contribution in [0.15, 0.2) is 30.3 Å². The molecule has 1 rings (SSSR count). The van der Waals surface area contributed by atoms with Crippen LogP contribution in [0.4, 0.5) is 0 Å². The van der Waals surface area contributed by atoms with E-state index in [1.54, 1.807) is 24.3 Å². The molecule has 0 aliphatic carbocycles. The molecular weight excluding hydrogens is 177 g/mol. The molecule has 0 bridgehead atoms. The average molecular weight is 187 g/mol. The van der Waals surface area contributed by atoms with E-state index in [1.165, 1.54) is 6.66 Å². The molecule has 0 heterocycles. The number of nitrogens with two attached hydrogens (primary N) is 1. The molecule has 0 unspecified atom stereocenters. The van der Waals surface area contributed by atoms with Crippen LogP contribution >= 0.6 is 7.60 Å². The monoisotopic (exact) mass is 187 g/mol. The van der Waals surface area contributed by atoms with E-state index in [0.717, 1.165) is 0 Å². The maximum absolute atomic E-state index is 11.2. The molecule has 0 aliphatic heterocycles. The fourth-order valence-electron chi connectivity index (χ4n) is 0.694. The predicted molar refractivity (Wildman–Crippen MR) is 45.9 cm³/mol. The summed E-state index contributed by atoms with van der Waals surface area (Å²) >= 11 is 0. The Balaban J connectivity index is 2.71. The Morgan fingerprint density at radius 2 is 1.92 bits per heavy atom. The van der Waals surface area contributed by atoms with Gasteiger partial charge in [-0.3, -0.25) is 0 Å². The number of benzene rings is 1. The second-order valence-corrected chi connectivity index (χ2v) is 4.22. The molecule has 0 spiro atoms. The Morgan fingerprint density at radius 1 is 1.33 bits per heavy atom. The van der Waals surface area contributed by atoms with Gasteiger partial charge in [-0.05, 0) is 12.1 Å². The van der Waals surface area contributed by atoms with Crippen molar-refractivity contribution < 1.29 is 13.7 Å². The van der Waals surface area contributed by atoms with Crippen LogP contribution in [-0.2, 0) is 9.19 Å². The molecule has 0 aliphatic rings. The summed E-state index contributed by atoms with van der Waals surface area (Å²) in [5.74, 6) is 5.25. The van der Waals surface area contributed by atoms with Gasteiger partial charge in [0.25, 0.3) is 0 Å². The SMILES string of the molecule is C[P@@](=O)(ON)Oc1ccccc1. The molecule has 12 heavy (non-hydrogen) atoms. The molecule has 0 amide bonds. The molecule has 66 valence electrons. The minimum Gasteiger partial charge on any atom is -0.424 e. The first-order valence-electron chi connectivity index (χ1n) is 3.35. The summed E-state index contributed by atoms with van der Waals surface area (Å²) in [4.78, 5) is 0. The summed E-state index contributed by atoms with van der Waals surface area (Å²) in [6.07, 6.45) is 0. The Hall–Kier alpha value is -0.830. The molecule has 0 saturated heterocycles. The van der Waals surface area contributed by atoms with Gasteiger partial charge in [0.1, 0.15) is 5.75 Å². The first-order chi connectivity index (χ1) is 5.64. The maximum atomic E-state index is 11.2. The molecule has 0 aromatic heterocycles. The Bertz CT molecular complexity index is 288. The van der Waals surface area contributed by atoms with Crippen LogP contribution in [0.3, 0.4) is 0 Å². The summed E-state index contributed by atoms with van der Waals surface area (Å²) < 4.78 is 20.3. The molecule has 1 aromatic rings. The van der Waals surface area contributed by atoms with E-state index in [4.69, 9.17) is 10.4 Å². The van der Waals surface area contributed by atoms with Crippen molar-refractivity contribution in [1.29, 1.82) is 0 Å². The van der Waals surface area contributed by atoms with Gasteiger partial charge in [-0.15, -0.1) is 0 Å². The molecule has 1 atom stereocenters. The van der Waals surface area contributed by atoms with Gasteiger partial charge in [0.05, 0.1) is 6.66 Å². The molecular formula is C7H10NO3P. The van der Waals surface area contributed by atoms with E-state index in [1.807, 2.05) is 6.07 Å². The van der Waals surface area contributed by atoms with E-state index in [-0.39, 0.29) is 0 Å². The van der Waals surface area contributed by atoms with Gasteiger partial charge in [-0.1, -0.05) is 18.2 Å². The van der Waals surface area contributed by atoms with E-state index in [9.17, 15) is 4.57 Å². The minimum absolute atomic E-state index is 0.480. The Morgan fingerprint density at radius 3 is 2.42 bits per heavy atom. The van der Waals surface area contributed by atoms with E-state index in [2.05, 4.69) is 4.62 Å².